The van der Waals surface area contributed by atoms with Crippen molar-refractivity contribution in [1.29, 1.82) is 0 Å². The zero-order chi connectivity index (χ0) is 15.9. The fraction of sp³-hybridized carbons (Fsp3) is 0.412. The van der Waals surface area contributed by atoms with E-state index in [2.05, 4.69) is 19.6 Å². The first kappa shape index (κ1) is 16.9. The minimum Gasteiger partial charge on any atom is -0.462 e. The maximum atomic E-state index is 14.0. The summed E-state index contributed by atoms with van der Waals surface area (Å²) in [7, 11) is 0.410. The first-order valence-electron chi connectivity index (χ1n) is 7.44. The second kappa shape index (κ2) is 8.24. The Labute approximate surface area is 132 Å². The summed E-state index contributed by atoms with van der Waals surface area (Å²) in [6.07, 6.45) is 6.67. The Hall–Kier alpha value is -1.46. The lowest BCUT2D eigenvalue weighted by atomic mass is 10.1. The van der Waals surface area contributed by atoms with Crippen LogP contribution in [0.2, 0.25) is 0 Å². The van der Waals surface area contributed by atoms with Crippen molar-refractivity contribution in [3.63, 3.8) is 0 Å². The van der Waals surface area contributed by atoms with Gasteiger partial charge in [-0.3, -0.25) is 0 Å². The van der Waals surface area contributed by atoms with Crippen LogP contribution in [0.25, 0.3) is 0 Å². The third kappa shape index (κ3) is 4.27. The van der Waals surface area contributed by atoms with Crippen LogP contribution < -0.4 is 4.74 Å². The molecule has 0 spiro atoms. The van der Waals surface area contributed by atoms with Crippen molar-refractivity contribution in [2.45, 2.75) is 38.3 Å². The van der Waals surface area contributed by atoms with E-state index in [0.29, 0.717) is 33.8 Å². The third-order valence-corrected chi connectivity index (χ3v) is 4.92. The normalized spacial score (nSPS) is 18.0. The minimum absolute atomic E-state index is 0.137. The number of halogens is 2. The summed E-state index contributed by atoms with van der Waals surface area (Å²) in [5.41, 5.74) is 0.365. The summed E-state index contributed by atoms with van der Waals surface area (Å²) in [6.45, 7) is 6.08. The van der Waals surface area contributed by atoms with Gasteiger partial charge in [0.2, 0.25) is 5.82 Å². The molecule has 0 aromatic heterocycles. The Kier molecular flexibility index (Phi) is 6.33. The lowest BCUT2D eigenvalue weighted by Gasteiger charge is -2.22. The van der Waals surface area contributed by atoms with Crippen LogP contribution in [0, 0.1) is 11.6 Å². The van der Waals surface area contributed by atoms with Gasteiger partial charge in [-0.1, -0.05) is 37.3 Å². The lowest BCUT2D eigenvalue weighted by molar-refractivity contribution is 0.0588. The molecule has 0 aliphatic carbocycles. The van der Waals surface area contributed by atoms with Gasteiger partial charge in [-0.15, -0.1) is 0 Å². The van der Waals surface area contributed by atoms with Crippen molar-refractivity contribution in [3.05, 3.63) is 53.4 Å². The van der Waals surface area contributed by atoms with Crippen molar-refractivity contribution in [1.82, 2.24) is 0 Å². The molecule has 0 amide bonds. The molecule has 1 aromatic carbocycles. The number of hydrogen-bond acceptors (Lipinski definition) is 2. The molecule has 0 bridgehead atoms. The Bertz CT molecular complexity index is 558. The van der Waals surface area contributed by atoms with Gasteiger partial charge in [0.1, 0.15) is 0 Å². The molecule has 0 saturated heterocycles. The molecule has 2 nitrogen and oxygen atoms in total. The van der Waals surface area contributed by atoms with Crippen molar-refractivity contribution in [2.75, 3.05) is 6.61 Å². The second-order valence-electron chi connectivity index (χ2n) is 5.18. The molecule has 5 heteroatoms. The van der Waals surface area contributed by atoms with Crippen molar-refractivity contribution in [2.24, 2.45) is 0 Å². The molecule has 22 heavy (non-hydrogen) atoms. The second-order valence-corrected chi connectivity index (χ2v) is 6.52. The first-order chi connectivity index (χ1) is 10.7. The van der Waals surface area contributed by atoms with Crippen LogP contribution in [0.15, 0.2) is 36.2 Å². The highest BCUT2D eigenvalue weighted by Crippen LogP contribution is 2.24. The summed E-state index contributed by atoms with van der Waals surface area (Å²) in [4.78, 5) is 0. The number of hydrogen-bond donors (Lipinski definition) is 0. The third-order valence-electron chi connectivity index (χ3n) is 3.56. The zero-order valence-corrected chi connectivity index (χ0v) is 13.7. The molecule has 2 radical (unpaired) electrons. The van der Waals surface area contributed by atoms with Gasteiger partial charge >= 0.3 is 0 Å². The zero-order valence-electron chi connectivity index (χ0n) is 12.7. The van der Waals surface area contributed by atoms with E-state index >= 15 is 0 Å². The van der Waals surface area contributed by atoms with Gasteiger partial charge < -0.3 is 9.47 Å². The van der Waals surface area contributed by atoms with E-state index in [9.17, 15) is 8.78 Å². The molecule has 0 fully saturated rings. The van der Waals surface area contributed by atoms with Crippen LogP contribution in [0.1, 0.15) is 31.7 Å². The largest absolute Gasteiger partial charge is 0.462 e. The minimum atomic E-state index is -0.959. The van der Waals surface area contributed by atoms with Crippen LogP contribution in [0.4, 0.5) is 8.78 Å². The lowest BCUT2D eigenvalue weighted by Crippen LogP contribution is -2.21. The van der Waals surface area contributed by atoms with Crippen molar-refractivity contribution in [3.8, 4) is 5.75 Å². The van der Waals surface area contributed by atoms with Gasteiger partial charge in [0, 0.05) is 0 Å². The number of benzene rings is 1. The summed E-state index contributed by atoms with van der Waals surface area (Å²) in [5, 5.41) is 1.18. The van der Waals surface area contributed by atoms with Crippen LogP contribution >= 0.6 is 0 Å². The van der Waals surface area contributed by atoms with E-state index in [1.165, 1.54) is 11.3 Å². The molecule has 1 aliphatic heterocycles. The van der Waals surface area contributed by atoms with E-state index in [0.717, 1.165) is 25.5 Å². The fourth-order valence-electron chi connectivity index (χ4n) is 2.35. The Balaban J connectivity index is 1.95. The van der Waals surface area contributed by atoms with E-state index in [1.54, 1.807) is 6.07 Å². The monoisotopic (exact) mass is 322 g/mol. The average molecular weight is 322 g/mol. The number of ether oxygens (including phenoxy) is 2. The summed E-state index contributed by atoms with van der Waals surface area (Å²) in [6, 6.07) is 3.47. The quantitative estimate of drug-likeness (QED) is 0.554. The molecule has 1 aliphatic rings. The van der Waals surface area contributed by atoms with Gasteiger partial charge in [0.15, 0.2) is 11.6 Å². The van der Waals surface area contributed by atoms with Crippen LogP contribution in [-0.4, -0.2) is 22.2 Å². The molecule has 0 N–H and O–H groups in total. The molecule has 1 unspecified atom stereocenters. The molecule has 118 valence electrons. The molecule has 1 atom stereocenters. The number of rotatable bonds is 7. The molecule has 1 heterocycles. The molecular weight excluding hydrogens is 302 g/mol. The van der Waals surface area contributed by atoms with Crippen molar-refractivity contribution >= 4 is 9.52 Å². The van der Waals surface area contributed by atoms with Gasteiger partial charge in [0.05, 0.1) is 28.5 Å². The predicted octanol–water partition coefficient (Wildman–Crippen LogP) is 4.16. The highest BCUT2D eigenvalue weighted by atomic mass is 28.2. The molecule has 1 aromatic rings. The predicted molar refractivity (Wildman–Crippen MR) is 84.0 cm³/mol. The van der Waals surface area contributed by atoms with Crippen LogP contribution in [0.5, 0.6) is 5.75 Å². The van der Waals surface area contributed by atoms with E-state index < -0.39 is 11.6 Å². The van der Waals surface area contributed by atoms with Gasteiger partial charge in [-0.05, 0) is 30.5 Å². The summed E-state index contributed by atoms with van der Waals surface area (Å²) >= 11 is 0. The van der Waals surface area contributed by atoms with Crippen LogP contribution in [-0.2, 0) is 10.8 Å². The molecule has 2 rings (SSSR count). The smallest absolute Gasteiger partial charge is 0.201 e. The fourth-order valence-corrected chi connectivity index (χ4v) is 3.49. The topological polar surface area (TPSA) is 18.5 Å². The SMILES string of the molecule is C=COc1ccc(C[Si]C2=CCC(CCC)OC2)c(F)c1F. The van der Waals surface area contributed by atoms with E-state index in [1.807, 2.05) is 0 Å². The van der Waals surface area contributed by atoms with E-state index in [4.69, 9.17) is 9.47 Å². The van der Waals surface area contributed by atoms with Gasteiger partial charge in [0.25, 0.3) is 0 Å². The van der Waals surface area contributed by atoms with Crippen LogP contribution in [0.3, 0.4) is 0 Å². The molecular formula is C17H20F2O2Si. The Morgan fingerprint density at radius 3 is 2.86 bits per heavy atom. The standard InChI is InChI=1S/C17H20F2O2Si/c1-3-5-13-7-8-14(10-21-13)22-11-12-6-9-15(20-4-2)17(19)16(12)18/h4,6,8-9,13H,2-3,5,7,10-11H2,1H3. The average Bonchev–Trinajstić information content (AvgIpc) is 2.53. The first-order valence-corrected chi connectivity index (χ1v) is 8.65. The Morgan fingerprint density at radius 1 is 1.41 bits per heavy atom. The highest BCUT2D eigenvalue weighted by Gasteiger charge is 2.17. The van der Waals surface area contributed by atoms with Gasteiger partial charge in [-0.25, -0.2) is 4.39 Å². The summed E-state index contributed by atoms with van der Waals surface area (Å²) in [5.74, 6) is -1.94. The molecule has 0 saturated carbocycles. The van der Waals surface area contributed by atoms with Gasteiger partial charge in [-0.2, -0.15) is 4.39 Å². The maximum absolute atomic E-state index is 14.0. The Morgan fingerprint density at radius 2 is 2.23 bits per heavy atom. The van der Waals surface area contributed by atoms with E-state index in [-0.39, 0.29) is 5.75 Å². The van der Waals surface area contributed by atoms with Crippen molar-refractivity contribution < 1.29 is 18.3 Å². The highest BCUT2D eigenvalue weighted by molar-refractivity contribution is 6.45. The maximum Gasteiger partial charge on any atom is 0.201 e. The summed E-state index contributed by atoms with van der Waals surface area (Å²) < 4.78 is 38.3.